The monoisotopic (exact) mass is 464 g/mol. The first-order valence-electron chi connectivity index (χ1n) is 8.99. The Bertz CT molecular complexity index is 481. The van der Waals surface area contributed by atoms with Crippen LogP contribution in [-0.2, 0) is 13.0 Å². The van der Waals surface area contributed by atoms with Gasteiger partial charge in [0, 0.05) is 23.3 Å². The summed E-state index contributed by atoms with van der Waals surface area (Å²) in [5.74, 6) is 1.79. The quantitative estimate of drug-likeness (QED) is 0.367. The van der Waals surface area contributed by atoms with Crippen LogP contribution in [0, 0.1) is 5.92 Å². The van der Waals surface area contributed by atoms with E-state index in [9.17, 15) is 0 Å². The van der Waals surface area contributed by atoms with Crippen LogP contribution >= 0.6 is 35.3 Å². The second kappa shape index (κ2) is 12.1. The van der Waals surface area contributed by atoms with Crippen molar-refractivity contribution in [3.63, 3.8) is 0 Å². The molecule has 0 spiro atoms. The number of hydrogen-bond acceptors (Lipinski definition) is 3. The van der Waals surface area contributed by atoms with E-state index in [1.54, 1.807) is 0 Å². The zero-order valence-electron chi connectivity index (χ0n) is 15.3. The Morgan fingerprint density at radius 3 is 2.50 bits per heavy atom. The van der Waals surface area contributed by atoms with E-state index in [0.717, 1.165) is 31.4 Å². The molecule has 4 nitrogen and oxygen atoms in total. The molecule has 0 unspecified atom stereocenters. The topological polar surface area (TPSA) is 39.7 Å². The number of rotatable bonds is 7. The molecule has 2 N–H and O–H groups in total. The van der Waals surface area contributed by atoms with Crippen LogP contribution in [0.3, 0.4) is 0 Å². The molecule has 1 fully saturated rings. The molecule has 2 heterocycles. The lowest BCUT2D eigenvalue weighted by Crippen LogP contribution is -2.39. The minimum absolute atomic E-state index is 0. The second-order valence-electron chi connectivity index (χ2n) is 6.24. The van der Waals surface area contributed by atoms with Crippen molar-refractivity contribution in [1.82, 2.24) is 15.5 Å². The predicted octanol–water partition coefficient (Wildman–Crippen LogP) is 3.72. The number of piperidine rings is 1. The highest BCUT2D eigenvalue weighted by Crippen LogP contribution is 2.19. The predicted molar refractivity (Wildman–Crippen MR) is 117 cm³/mol. The Hall–Kier alpha value is -0.340. The SMILES string of the molecule is CCc1ccc(CNC(=NC)NCCC2CCN(CC)CC2)s1.I. The summed E-state index contributed by atoms with van der Waals surface area (Å²) in [7, 11) is 1.85. The molecule has 0 amide bonds. The number of nitrogens with zero attached hydrogens (tertiary/aromatic N) is 2. The summed E-state index contributed by atoms with van der Waals surface area (Å²) in [6.45, 7) is 10.1. The molecular formula is C18H33IN4S. The van der Waals surface area contributed by atoms with Crippen LogP contribution < -0.4 is 10.6 Å². The second-order valence-corrected chi connectivity index (χ2v) is 7.49. The molecule has 2 rings (SSSR count). The summed E-state index contributed by atoms with van der Waals surface area (Å²) in [4.78, 5) is 9.70. The van der Waals surface area contributed by atoms with E-state index in [2.05, 4.69) is 46.5 Å². The average molecular weight is 464 g/mol. The highest BCUT2D eigenvalue weighted by Gasteiger charge is 2.17. The highest BCUT2D eigenvalue weighted by atomic mass is 127. The smallest absolute Gasteiger partial charge is 0.191 e. The lowest BCUT2D eigenvalue weighted by atomic mass is 9.93. The van der Waals surface area contributed by atoms with E-state index in [4.69, 9.17) is 0 Å². The van der Waals surface area contributed by atoms with Gasteiger partial charge >= 0.3 is 0 Å². The van der Waals surface area contributed by atoms with Crippen molar-refractivity contribution in [2.45, 2.75) is 46.1 Å². The number of halogens is 1. The normalized spacial score (nSPS) is 16.7. The van der Waals surface area contributed by atoms with E-state index >= 15 is 0 Å². The maximum absolute atomic E-state index is 4.33. The molecule has 0 bridgehead atoms. The van der Waals surface area contributed by atoms with Crippen molar-refractivity contribution in [2.75, 3.05) is 33.2 Å². The molecule has 1 aromatic heterocycles. The minimum atomic E-state index is 0. The van der Waals surface area contributed by atoms with Gasteiger partial charge in [-0.3, -0.25) is 4.99 Å². The first-order chi connectivity index (χ1) is 11.2. The molecule has 1 saturated heterocycles. The van der Waals surface area contributed by atoms with Crippen LogP contribution in [0.4, 0.5) is 0 Å². The van der Waals surface area contributed by atoms with Gasteiger partial charge < -0.3 is 15.5 Å². The molecule has 0 aliphatic carbocycles. The lowest BCUT2D eigenvalue weighted by molar-refractivity contribution is 0.187. The van der Waals surface area contributed by atoms with Crippen molar-refractivity contribution in [1.29, 1.82) is 0 Å². The van der Waals surface area contributed by atoms with E-state index in [-0.39, 0.29) is 24.0 Å². The maximum Gasteiger partial charge on any atom is 0.191 e. The first-order valence-corrected chi connectivity index (χ1v) is 9.81. The van der Waals surface area contributed by atoms with Gasteiger partial charge in [0.25, 0.3) is 0 Å². The lowest BCUT2D eigenvalue weighted by Gasteiger charge is -2.31. The third-order valence-corrected chi connectivity index (χ3v) is 5.95. The Morgan fingerprint density at radius 2 is 1.92 bits per heavy atom. The Morgan fingerprint density at radius 1 is 1.21 bits per heavy atom. The fourth-order valence-corrected chi connectivity index (χ4v) is 3.98. The highest BCUT2D eigenvalue weighted by molar-refractivity contribution is 14.0. The van der Waals surface area contributed by atoms with Crippen molar-refractivity contribution >= 4 is 41.3 Å². The Kier molecular flexibility index (Phi) is 10.9. The molecule has 1 aromatic rings. The van der Waals surface area contributed by atoms with Gasteiger partial charge in [0.05, 0.1) is 6.54 Å². The van der Waals surface area contributed by atoms with Gasteiger partial charge in [-0.15, -0.1) is 35.3 Å². The number of nitrogens with one attached hydrogen (secondary N) is 2. The molecule has 0 atom stereocenters. The first kappa shape index (κ1) is 21.7. The third kappa shape index (κ3) is 7.27. The van der Waals surface area contributed by atoms with E-state index in [1.165, 1.54) is 48.7 Å². The van der Waals surface area contributed by atoms with Gasteiger partial charge in [-0.05, 0) is 63.4 Å². The molecule has 0 saturated carbocycles. The number of aliphatic imine (C=N–C) groups is 1. The van der Waals surface area contributed by atoms with Crippen molar-refractivity contribution < 1.29 is 0 Å². The van der Waals surface area contributed by atoms with Gasteiger partial charge in [0.15, 0.2) is 5.96 Å². The standard InChI is InChI=1S/C18H32N4S.HI/c1-4-16-6-7-17(23-16)14-21-18(19-3)20-11-8-15-9-12-22(5-2)13-10-15;/h6-7,15H,4-5,8-14H2,1-3H3,(H2,19,20,21);1H. The van der Waals surface area contributed by atoms with Gasteiger partial charge in [-0.2, -0.15) is 0 Å². The zero-order valence-corrected chi connectivity index (χ0v) is 18.5. The summed E-state index contributed by atoms with van der Waals surface area (Å²) in [5, 5.41) is 6.88. The van der Waals surface area contributed by atoms with Gasteiger partial charge in [-0.1, -0.05) is 13.8 Å². The molecule has 1 aliphatic rings. The molecule has 1 aliphatic heterocycles. The summed E-state index contributed by atoms with van der Waals surface area (Å²) in [6.07, 6.45) is 5.05. The summed E-state index contributed by atoms with van der Waals surface area (Å²) in [5.41, 5.74) is 0. The number of guanidine groups is 1. The molecule has 24 heavy (non-hydrogen) atoms. The molecule has 6 heteroatoms. The Balaban J connectivity index is 0.00000288. The Labute approximate surface area is 168 Å². The molecule has 0 radical (unpaired) electrons. The molecular weight excluding hydrogens is 431 g/mol. The van der Waals surface area contributed by atoms with Crippen LogP contribution in [0.5, 0.6) is 0 Å². The largest absolute Gasteiger partial charge is 0.356 e. The number of likely N-dealkylation sites (tertiary alicyclic amines) is 1. The number of thiophene rings is 1. The third-order valence-electron chi connectivity index (χ3n) is 4.72. The fraction of sp³-hybridized carbons (Fsp3) is 0.722. The van der Waals surface area contributed by atoms with Crippen LogP contribution in [0.15, 0.2) is 17.1 Å². The van der Waals surface area contributed by atoms with Crippen LogP contribution in [0.1, 0.15) is 42.9 Å². The van der Waals surface area contributed by atoms with Gasteiger partial charge in [0.1, 0.15) is 0 Å². The fourth-order valence-electron chi connectivity index (χ4n) is 3.08. The van der Waals surface area contributed by atoms with Gasteiger partial charge in [-0.25, -0.2) is 0 Å². The molecule has 0 aromatic carbocycles. The van der Waals surface area contributed by atoms with Crippen molar-refractivity contribution in [3.8, 4) is 0 Å². The van der Waals surface area contributed by atoms with Crippen LogP contribution in [0.2, 0.25) is 0 Å². The van der Waals surface area contributed by atoms with Crippen molar-refractivity contribution in [2.24, 2.45) is 10.9 Å². The van der Waals surface area contributed by atoms with E-state index in [0.29, 0.717) is 0 Å². The number of aryl methyl sites for hydroxylation is 1. The zero-order chi connectivity index (χ0) is 16.5. The van der Waals surface area contributed by atoms with Crippen LogP contribution in [-0.4, -0.2) is 44.1 Å². The van der Waals surface area contributed by atoms with E-state index < -0.39 is 0 Å². The van der Waals surface area contributed by atoms with Crippen molar-refractivity contribution in [3.05, 3.63) is 21.9 Å². The molecule has 138 valence electrons. The maximum atomic E-state index is 4.33. The van der Waals surface area contributed by atoms with E-state index in [1.807, 2.05) is 18.4 Å². The summed E-state index contributed by atoms with van der Waals surface area (Å²) >= 11 is 1.88. The van der Waals surface area contributed by atoms with Crippen LogP contribution in [0.25, 0.3) is 0 Å². The minimum Gasteiger partial charge on any atom is -0.356 e. The summed E-state index contributed by atoms with van der Waals surface area (Å²) in [6, 6.07) is 4.44. The average Bonchev–Trinajstić information content (AvgIpc) is 3.06. The van der Waals surface area contributed by atoms with Gasteiger partial charge in [0.2, 0.25) is 0 Å². The number of hydrogen-bond donors (Lipinski definition) is 2. The summed E-state index contributed by atoms with van der Waals surface area (Å²) < 4.78 is 0.